The SMILES string of the molecule is CCN1CC(C)(C)OC(=O)C1CC(=O)CCc1cccc(OC)c1. The summed E-state index contributed by atoms with van der Waals surface area (Å²) in [5.41, 5.74) is 0.565. The molecule has 5 heteroatoms. The second-order valence-corrected chi connectivity index (χ2v) is 6.85. The Kier molecular flexibility index (Phi) is 5.99. The quantitative estimate of drug-likeness (QED) is 0.718. The fourth-order valence-electron chi connectivity index (χ4n) is 3.10. The first-order valence-corrected chi connectivity index (χ1v) is 8.46. The number of ketones is 1. The van der Waals surface area contributed by atoms with E-state index in [1.807, 2.05) is 49.9 Å². The fraction of sp³-hybridized carbons (Fsp3) is 0.579. The Balaban J connectivity index is 1.92. The van der Waals surface area contributed by atoms with Gasteiger partial charge in [0.1, 0.15) is 23.2 Å². The molecule has 0 N–H and O–H groups in total. The normalized spacial score (nSPS) is 20.5. The number of nitrogens with zero attached hydrogens (tertiary/aromatic N) is 1. The summed E-state index contributed by atoms with van der Waals surface area (Å²) in [4.78, 5) is 26.6. The fourth-order valence-corrected chi connectivity index (χ4v) is 3.10. The van der Waals surface area contributed by atoms with Crippen LogP contribution in [0.25, 0.3) is 0 Å². The number of carbonyl (C=O) groups excluding carboxylic acids is 2. The molecule has 0 aromatic heterocycles. The van der Waals surface area contributed by atoms with Crippen LogP contribution in [0.4, 0.5) is 0 Å². The summed E-state index contributed by atoms with van der Waals surface area (Å²) in [6, 6.07) is 7.25. The number of aryl methyl sites for hydroxylation is 1. The van der Waals surface area contributed by atoms with Crippen LogP contribution in [0, 0.1) is 0 Å². The second kappa shape index (κ2) is 7.79. The summed E-state index contributed by atoms with van der Waals surface area (Å²) in [6.07, 6.45) is 1.28. The molecule has 24 heavy (non-hydrogen) atoms. The van der Waals surface area contributed by atoms with E-state index in [0.29, 0.717) is 19.4 Å². The van der Waals surface area contributed by atoms with Crippen molar-refractivity contribution >= 4 is 11.8 Å². The number of rotatable bonds is 7. The van der Waals surface area contributed by atoms with Gasteiger partial charge < -0.3 is 9.47 Å². The largest absolute Gasteiger partial charge is 0.497 e. The number of methoxy groups -OCH3 is 1. The van der Waals surface area contributed by atoms with E-state index in [-0.39, 0.29) is 18.2 Å². The average molecular weight is 333 g/mol. The number of benzene rings is 1. The van der Waals surface area contributed by atoms with Crippen LogP contribution in [-0.2, 0) is 20.7 Å². The van der Waals surface area contributed by atoms with Gasteiger partial charge in [-0.05, 0) is 44.5 Å². The minimum Gasteiger partial charge on any atom is -0.497 e. The van der Waals surface area contributed by atoms with Gasteiger partial charge in [-0.3, -0.25) is 14.5 Å². The molecule has 5 nitrogen and oxygen atoms in total. The van der Waals surface area contributed by atoms with Crippen molar-refractivity contribution in [3.63, 3.8) is 0 Å². The predicted molar refractivity (Wildman–Crippen MR) is 92.1 cm³/mol. The Bertz CT molecular complexity index is 597. The average Bonchev–Trinajstić information content (AvgIpc) is 2.54. The molecule has 1 saturated heterocycles. The molecule has 1 aromatic carbocycles. The van der Waals surface area contributed by atoms with Crippen LogP contribution in [0.5, 0.6) is 5.75 Å². The summed E-state index contributed by atoms with van der Waals surface area (Å²) in [5.74, 6) is 0.580. The van der Waals surface area contributed by atoms with Crippen LogP contribution < -0.4 is 4.74 Å². The number of hydrogen-bond donors (Lipinski definition) is 0. The van der Waals surface area contributed by atoms with E-state index in [9.17, 15) is 9.59 Å². The van der Waals surface area contributed by atoms with Crippen LogP contribution >= 0.6 is 0 Å². The van der Waals surface area contributed by atoms with Gasteiger partial charge in [0.05, 0.1) is 7.11 Å². The lowest BCUT2D eigenvalue weighted by atomic mass is 9.98. The molecule has 0 saturated carbocycles. The lowest BCUT2D eigenvalue weighted by Gasteiger charge is -2.41. The minimum absolute atomic E-state index is 0.0814. The maximum Gasteiger partial charge on any atom is 0.324 e. The third kappa shape index (κ3) is 4.81. The number of likely N-dealkylation sites (N-methyl/N-ethyl adjacent to an activating group) is 1. The first-order valence-electron chi connectivity index (χ1n) is 8.46. The number of esters is 1. The summed E-state index contributed by atoms with van der Waals surface area (Å²) in [7, 11) is 1.62. The molecule has 1 atom stereocenters. The minimum atomic E-state index is -0.493. The monoisotopic (exact) mass is 333 g/mol. The van der Waals surface area contributed by atoms with E-state index >= 15 is 0 Å². The van der Waals surface area contributed by atoms with Gasteiger partial charge in [-0.25, -0.2) is 0 Å². The van der Waals surface area contributed by atoms with E-state index in [4.69, 9.17) is 9.47 Å². The number of hydrogen-bond acceptors (Lipinski definition) is 5. The van der Waals surface area contributed by atoms with Gasteiger partial charge in [0.15, 0.2) is 0 Å². The van der Waals surface area contributed by atoms with Crippen LogP contribution in [0.15, 0.2) is 24.3 Å². The number of morpholine rings is 1. The third-order valence-corrected chi connectivity index (χ3v) is 4.33. The van der Waals surface area contributed by atoms with E-state index in [1.165, 1.54) is 0 Å². The highest BCUT2D eigenvalue weighted by Gasteiger charge is 2.40. The van der Waals surface area contributed by atoms with Crippen molar-refractivity contribution in [3.8, 4) is 5.75 Å². The zero-order valence-corrected chi connectivity index (χ0v) is 15.0. The lowest BCUT2D eigenvalue weighted by Crippen LogP contribution is -2.57. The van der Waals surface area contributed by atoms with Crippen molar-refractivity contribution < 1.29 is 19.1 Å². The molecule has 1 heterocycles. The van der Waals surface area contributed by atoms with Gasteiger partial charge in [-0.1, -0.05) is 19.1 Å². The molecule has 1 aliphatic rings. The van der Waals surface area contributed by atoms with Gasteiger partial charge >= 0.3 is 5.97 Å². The van der Waals surface area contributed by atoms with E-state index < -0.39 is 11.6 Å². The standard InChI is InChI=1S/C19H27NO4/c1-5-20-13-19(2,3)24-18(22)17(20)12-15(21)10-9-14-7-6-8-16(11-14)23-4/h6-8,11,17H,5,9-10,12-13H2,1-4H3. The van der Waals surface area contributed by atoms with Crippen LogP contribution in [0.2, 0.25) is 0 Å². The highest BCUT2D eigenvalue weighted by molar-refractivity contribution is 5.87. The van der Waals surface area contributed by atoms with Crippen molar-refractivity contribution in [1.29, 1.82) is 0 Å². The maximum atomic E-state index is 12.3. The highest BCUT2D eigenvalue weighted by Crippen LogP contribution is 2.24. The van der Waals surface area contributed by atoms with Gasteiger partial charge in [-0.15, -0.1) is 0 Å². The summed E-state index contributed by atoms with van der Waals surface area (Å²) < 4.78 is 10.7. The maximum absolute atomic E-state index is 12.3. The van der Waals surface area contributed by atoms with Gasteiger partial charge in [0.25, 0.3) is 0 Å². The topological polar surface area (TPSA) is 55.8 Å². The van der Waals surface area contributed by atoms with E-state index in [2.05, 4.69) is 0 Å². The Morgan fingerprint density at radius 2 is 2.17 bits per heavy atom. The number of ether oxygens (including phenoxy) is 2. The Morgan fingerprint density at radius 3 is 2.83 bits per heavy atom. The van der Waals surface area contributed by atoms with Crippen LogP contribution in [0.1, 0.15) is 39.2 Å². The van der Waals surface area contributed by atoms with E-state index in [0.717, 1.165) is 17.9 Å². The lowest BCUT2D eigenvalue weighted by molar-refractivity contribution is -0.178. The molecule has 1 unspecified atom stereocenters. The third-order valence-electron chi connectivity index (χ3n) is 4.33. The molecule has 0 bridgehead atoms. The molecule has 1 aromatic rings. The molecule has 0 spiro atoms. The summed E-state index contributed by atoms with van der Waals surface area (Å²) >= 11 is 0. The Hall–Kier alpha value is -1.88. The van der Waals surface area contributed by atoms with Gasteiger partial charge in [0.2, 0.25) is 0 Å². The highest BCUT2D eigenvalue weighted by atomic mass is 16.6. The zero-order valence-electron chi connectivity index (χ0n) is 15.0. The van der Waals surface area contributed by atoms with Crippen molar-refractivity contribution in [2.75, 3.05) is 20.2 Å². The van der Waals surface area contributed by atoms with Gasteiger partial charge in [0, 0.05) is 19.4 Å². The van der Waals surface area contributed by atoms with E-state index in [1.54, 1.807) is 7.11 Å². The molecule has 0 radical (unpaired) electrons. The number of cyclic esters (lactones) is 1. The summed E-state index contributed by atoms with van der Waals surface area (Å²) in [6.45, 7) is 7.18. The van der Waals surface area contributed by atoms with Crippen molar-refractivity contribution in [1.82, 2.24) is 4.90 Å². The summed E-state index contributed by atoms with van der Waals surface area (Å²) in [5, 5.41) is 0. The predicted octanol–water partition coefficient (Wildman–Crippen LogP) is 2.61. The molecule has 0 aliphatic carbocycles. The molecular weight excluding hydrogens is 306 g/mol. The van der Waals surface area contributed by atoms with Crippen LogP contribution in [0.3, 0.4) is 0 Å². The molecular formula is C19H27NO4. The molecule has 1 aliphatic heterocycles. The van der Waals surface area contributed by atoms with Crippen molar-refractivity contribution in [3.05, 3.63) is 29.8 Å². The number of carbonyl (C=O) groups is 2. The van der Waals surface area contributed by atoms with Crippen molar-refractivity contribution in [2.45, 2.75) is 51.7 Å². The van der Waals surface area contributed by atoms with Gasteiger partial charge in [-0.2, -0.15) is 0 Å². The Labute approximate surface area is 143 Å². The zero-order chi connectivity index (χ0) is 17.7. The van der Waals surface area contributed by atoms with Crippen LogP contribution in [-0.4, -0.2) is 48.5 Å². The number of Topliss-reactive ketones (excluding diaryl/α,β-unsaturated/α-hetero) is 1. The van der Waals surface area contributed by atoms with Crippen molar-refractivity contribution in [2.24, 2.45) is 0 Å². The molecule has 1 fully saturated rings. The second-order valence-electron chi connectivity index (χ2n) is 6.85. The molecule has 2 rings (SSSR count). The first-order chi connectivity index (χ1) is 11.3. The smallest absolute Gasteiger partial charge is 0.324 e. The molecule has 132 valence electrons. The Morgan fingerprint density at radius 1 is 1.42 bits per heavy atom. The first kappa shape index (κ1) is 18.5. The molecule has 0 amide bonds.